The first-order valence-corrected chi connectivity index (χ1v) is 9.62. The highest BCUT2D eigenvalue weighted by atomic mass is 35.5. The predicted molar refractivity (Wildman–Crippen MR) is 113 cm³/mol. The Morgan fingerprint density at radius 1 is 1.04 bits per heavy atom. The fraction of sp³-hybridized carbons (Fsp3) is 0.238. The second-order valence-electron chi connectivity index (χ2n) is 6.61. The summed E-state index contributed by atoms with van der Waals surface area (Å²) in [5.74, 6) is 1.82. The van der Waals surface area contributed by atoms with Crippen LogP contribution in [0.3, 0.4) is 0 Å². The Labute approximate surface area is 169 Å². The van der Waals surface area contributed by atoms with Gasteiger partial charge in [-0.05, 0) is 24.3 Å². The molecule has 0 atom stereocenters. The molecule has 144 valence electrons. The van der Waals surface area contributed by atoms with Gasteiger partial charge in [0.15, 0.2) is 11.7 Å². The fourth-order valence-electron chi connectivity index (χ4n) is 3.21. The van der Waals surface area contributed by atoms with E-state index in [9.17, 15) is 0 Å². The third-order valence-corrected chi connectivity index (χ3v) is 5.04. The van der Waals surface area contributed by atoms with Crippen molar-refractivity contribution in [3.05, 3.63) is 71.7 Å². The Bertz CT molecular complexity index is 931. The number of guanidine groups is 1. The largest absolute Gasteiger partial charge is 0.439 e. The van der Waals surface area contributed by atoms with Crippen molar-refractivity contribution in [2.45, 2.75) is 6.54 Å². The molecule has 1 fully saturated rings. The Morgan fingerprint density at radius 2 is 1.75 bits per heavy atom. The summed E-state index contributed by atoms with van der Waals surface area (Å²) in [6.45, 7) is 3.73. The van der Waals surface area contributed by atoms with Gasteiger partial charge in [-0.15, -0.1) is 0 Å². The first kappa shape index (κ1) is 18.4. The van der Waals surface area contributed by atoms with Crippen LogP contribution in [0.25, 0.3) is 11.3 Å². The highest BCUT2D eigenvalue weighted by Crippen LogP contribution is 2.21. The van der Waals surface area contributed by atoms with E-state index >= 15 is 0 Å². The van der Waals surface area contributed by atoms with Crippen LogP contribution >= 0.6 is 11.6 Å². The Morgan fingerprint density at radius 3 is 2.46 bits per heavy atom. The van der Waals surface area contributed by atoms with Gasteiger partial charge in [-0.3, -0.25) is 0 Å². The van der Waals surface area contributed by atoms with Crippen LogP contribution in [0.4, 0.5) is 5.69 Å². The van der Waals surface area contributed by atoms with E-state index in [-0.39, 0.29) is 0 Å². The molecule has 7 heteroatoms. The van der Waals surface area contributed by atoms with Crippen molar-refractivity contribution in [1.29, 1.82) is 0 Å². The highest BCUT2D eigenvalue weighted by Gasteiger charge is 2.18. The summed E-state index contributed by atoms with van der Waals surface area (Å²) >= 11 is 5.97. The molecule has 2 aromatic carbocycles. The van der Waals surface area contributed by atoms with Gasteiger partial charge in [0.1, 0.15) is 6.54 Å². The third kappa shape index (κ3) is 4.28. The van der Waals surface area contributed by atoms with Gasteiger partial charge in [-0.25, -0.2) is 9.98 Å². The van der Waals surface area contributed by atoms with Crippen LogP contribution in [0, 0.1) is 0 Å². The monoisotopic (exact) mass is 395 g/mol. The summed E-state index contributed by atoms with van der Waals surface area (Å²) in [4.78, 5) is 13.2. The molecule has 0 saturated carbocycles. The summed E-state index contributed by atoms with van der Waals surface area (Å²) in [6, 6.07) is 17.8. The molecule has 1 aliphatic heterocycles. The van der Waals surface area contributed by atoms with Crippen molar-refractivity contribution >= 4 is 23.2 Å². The second-order valence-corrected chi connectivity index (χ2v) is 7.05. The van der Waals surface area contributed by atoms with Crippen LogP contribution in [0.5, 0.6) is 0 Å². The number of hydrogen-bond acceptors (Lipinski definition) is 4. The quantitative estimate of drug-likeness (QED) is 0.539. The van der Waals surface area contributed by atoms with Gasteiger partial charge < -0.3 is 20.0 Å². The molecule has 1 aromatic heterocycles. The topological polar surface area (TPSA) is 70.9 Å². The summed E-state index contributed by atoms with van der Waals surface area (Å²) in [5.41, 5.74) is 8.36. The van der Waals surface area contributed by atoms with Crippen molar-refractivity contribution < 1.29 is 4.42 Å². The van der Waals surface area contributed by atoms with Crippen LogP contribution in [0.15, 0.2) is 70.2 Å². The van der Waals surface area contributed by atoms with Crippen LogP contribution in [0.1, 0.15) is 5.89 Å². The molecule has 1 aliphatic rings. The molecule has 0 unspecified atom stereocenters. The number of piperazine rings is 1. The maximum atomic E-state index is 6.19. The lowest BCUT2D eigenvalue weighted by Gasteiger charge is -2.36. The average Bonchev–Trinajstić information content (AvgIpc) is 3.22. The van der Waals surface area contributed by atoms with E-state index in [0.717, 1.165) is 42.5 Å². The minimum absolute atomic E-state index is 0.329. The van der Waals surface area contributed by atoms with Gasteiger partial charge in [0.25, 0.3) is 0 Å². The number of benzene rings is 2. The minimum Gasteiger partial charge on any atom is -0.439 e. The number of oxazole rings is 1. The standard InChI is InChI=1S/C21H22ClN5O/c22-17-6-8-18(9-7-17)26-10-12-27(13-11-26)21(23)25-15-20-24-14-19(28-20)16-4-2-1-3-5-16/h1-9,14H,10-13,15H2,(H2,23,25). The first-order valence-electron chi connectivity index (χ1n) is 9.24. The molecule has 0 amide bonds. The number of halogens is 1. The second kappa shape index (κ2) is 8.35. The zero-order valence-electron chi connectivity index (χ0n) is 15.5. The molecule has 3 aromatic rings. The van der Waals surface area contributed by atoms with Gasteiger partial charge in [0.05, 0.1) is 6.20 Å². The predicted octanol–water partition coefficient (Wildman–Crippen LogP) is 3.63. The smallest absolute Gasteiger partial charge is 0.216 e. The molecule has 0 spiro atoms. The van der Waals surface area contributed by atoms with Crippen molar-refractivity contribution in [2.24, 2.45) is 10.7 Å². The number of aromatic nitrogens is 1. The molecular formula is C21H22ClN5O. The van der Waals surface area contributed by atoms with Crippen LogP contribution < -0.4 is 10.6 Å². The zero-order chi connectivity index (χ0) is 19.3. The normalized spacial score (nSPS) is 15.1. The van der Waals surface area contributed by atoms with E-state index in [1.54, 1.807) is 6.20 Å². The molecule has 1 saturated heterocycles. The Kier molecular flexibility index (Phi) is 5.48. The first-order chi connectivity index (χ1) is 13.7. The Hall–Kier alpha value is -2.99. The number of rotatable bonds is 4. The van der Waals surface area contributed by atoms with Gasteiger partial charge >= 0.3 is 0 Å². The van der Waals surface area contributed by atoms with Gasteiger partial charge in [0.2, 0.25) is 5.89 Å². The van der Waals surface area contributed by atoms with E-state index in [0.29, 0.717) is 18.4 Å². The lowest BCUT2D eigenvalue weighted by Crippen LogP contribution is -2.51. The third-order valence-electron chi connectivity index (χ3n) is 4.78. The van der Waals surface area contributed by atoms with Gasteiger partial charge in [-0.2, -0.15) is 0 Å². The van der Waals surface area contributed by atoms with E-state index in [2.05, 4.69) is 19.8 Å². The van der Waals surface area contributed by atoms with E-state index in [1.165, 1.54) is 5.69 Å². The maximum Gasteiger partial charge on any atom is 0.216 e. The van der Waals surface area contributed by atoms with E-state index in [1.807, 2.05) is 54.6 Å². The van der Waals surface area contributed by atoms with E-state index in [4.69, 9.17) is 21.8 Å². The molecule has 2 N–H and O–H groups in total. The number of hydrogen-bond donors (Lipinski definition) is 1. The summed E-state index contributed by atoms with van der Waals surface area (Å²) in [6.07, 6.45) is 1.72. The van der Waals surface area contributed by atoms with Gasteiger partial charge in [0, 0.05) is 42.5 Å². The number of aliphatic imine (C=N–C) groups is 1. The molecule has 4 rings (SSSR count). The highest BCUT2D eigenvalue weighted by molar-refractivity contribution is 6.30. The SMILES string of the molecule is NC(=NCc1ncc(-c2ccccc2)o1)N1CCN(c2ccc(Cl)cc2)CC1. The number of anilines is 1. The summed E-state index contributed by atoms with van der Waals surface area (Å²) < 4.78 is 5.78. The number of nitrogens with two attached hydrogens (primary N) is 1. The molecule has 28 heavy (non-hydrogen) atoms. The molecule has 2 heterocycles. The van der Waals surface area contributed by atoms with Crippen molar-refractivity contribution in [2.75, 3.05) is 31.1 Å². The van der Waals surface area contributed by atoms with Gasteiger partial charge in [-0.1, -0.05) is 41.9 Å². The maximum absolute atomic E-state index is 6.19. The molecule has 0 bridgehead atoms. The molecular weight excluding hydrogens is 374 g/mol. The summed E-state index contributed by atoms with van der Waals surface area (Å²) in [7, 11) is 0. The lowest BCUT2D eigenvalue weighted by molar-refractivity contribution is 0.379. The summed E-state index contributed by atoms with van der Waals surface area (Å²) in [5, 5.41) is 0.751. The van der Waals surface area contributed by atoms with Crippen LogP contribution in [-0.2, 0) is 6.54 Å². The van der Waals surface area contributed by atoms with Crippen molar-refractivity contribution in [1.82, 2.24) is 9.88 Å². The van der Waals surface area contributed by atoms with Crippen molar-refractivity contribution in [3.63, 3.8) is 0 Å². The van der Waals surface area contributed by atoms with E-state index < -0.39 is 0 Å². The average molecular weight is 396 g/mol. The number of nitrogens with zero attached hydrogens (tertiary/aromatic N) is 4. The fourth-order valence-corrected chi connectivity index (χ4v) is 3.34. The molecule has 0 aliphatic carbocycles. The van der Waals surface area contributed by atoms with Crippen LogP contribution in [0.2, 0.25) is 5.02 Å². The lowest BCUT2D eigenvalue weighted by atomic mass is 10.2. The molecule has 6 nitrogen and oxygen atoms in total. The van der Waals surface area contributed by atoms with Crippen molar-refractivity contribution in [3.8, 4) is 11.3 Å². The minimum atomic E-state index is 0.329. The van der Waals surface area contributed by atoms with Crippen LogP contribution in [-0.4, -0.2) is 42.0 Å². The zero-order valence-corrected chi connectivity index (χ0v) is 16.2. The Balaban J connectivity index is 1.33. The molecule has 0 radical (unpaired) electrons.